The number of nitrogens with one attached hydrogen (secondary N) is 4. The molecule has 6 N–H and O–H groups in total. The van der Waals surface area contributed by atoms with E-state index in [1.807, 2.05) is 0 Å². The van der Waals surface area contributed by atoms with Gasteiger partial charge >= 0.3 is 71.1 Å². The fraction of sp³-hybridized carbons (Fsp3) is 0.882. The van der Waals surface area contributed by atoms with Crippen LogP contribution in [-0.4, -0.2) is 148 Å². The van der Waals surface area contributed by atoms with Crippen LogP contribution in [0.1, 0.15) is 382 Å². The second-order valence-corrected chi connectivity index (χ2v) is 33.1. The second kappa shape index (κ2) is 84.0. The Hall–Kier alpha value is -1.64. The predicted molar refractivity (Wildman–Crippen MR) is 439 cm³/mol. The standard InChI is InChI=1S/C85H162N4O20P2.2Na/c1-7-13-19-25-29-33-37-43-47-53-76(90)67-82(94)88-74(70-102-63-59-78(55-49-41-23-17-11-5)108-84(96)57-51-45-39-35-31-27-21-15-9-3)72-106-110(98,99)104-65-61-86-80(92)69-81(93)87-62-66-105-111(100,101)107-73-75(89-83(95)68-77(91)54-48-44-38-34-30-26-20-14-8-2)71-103-64-60-79(56-50-42-24-18-12-6)109-85(97)58-52-46-40-36-32-28-22-16-10-4;;/h35-36,39-40,74-79,90-91H,7-34,37-38,41-73H2,1-6H3,(H,86,92)(H,87,93)(H,88,94)(H,89,95)(H,98,99)(H,100,101);;/q;2*+1/p-2/b39-35-,40-36-;;/t74?,75?,76-,77-,78-,79-;;/m1../s1. The number of aliphatic hydroxyl groups excluding tert-OH is 2. The molecule has 24 nitrogen and oxygen atoms in total. The first-order valence-electron chi connectivity index (χ1n) is 44.2. The van der Waals surface area contributed by atoms with Crippen molar-refractivity contribution in [2.24, 2.45) is 0 Å². The summed E-state index contributed by atoms with van der Waals surface area (Å²) in [6.45, 7) is 9.90. The van der Waals surface area contributed by atoms with Gasteiger partial charge in [0.1, 0.15) is 18.6 Å². The molecule has 0 aliphatic rings. The van der Waals surface area contributed by atoms with E-state index in [9.17, 15) is 57.9 Å². The Kier molecular flexibility index (Phi) is 85.9. The van der Waals surface area contributed by atoms with Gasteiger partial charge in [-0.05, 0) is 89.9 Å². The van der Waals surface area contributed by atoms with Crippen LogP contribution in [0.5, 0.6) is 0 Å². The van der Waals surface area contributed by atoms with Gasteiger partial charge in [0, 0.05) is 38.8 Å². The number of phosphoric ester groups is 2. The molecule has 0 aromatic rings. The van der Waals surface area contributed by atoms with E-state index in [2.05, 4.69) is 87.1 Å². The minimum atomic E-state index is -5.06. The number of unbranched alkanes of at least 4 members (excludes halogenated alkanes) is 34. The third kappa shape index (κ3) is 81.2. The molecule has 0 aliphatic carbocycles. The third-order valence-electron chi connectivity index (χ3n) is 19.3. The predicted octanol–water partition coefficient (Wildman–Crippen LogP) is 11.7. The van der Waals surface area contributed by atoms with Crippen molar-refractivity contribution in [1.29, 1.82) is 0 Å². The summed E-state index contributed by atoms with van der Waals surface area (Å²) in [6, 6.07) is -2.00. The topological polar surface area (TPSA) is 345 Å². The number of aliphatic hydroxyl groups is 2. The van der Waals surface area contributed by atoms with Crippen LogP contribution in [0.25, 0.3) is 0 Å². The minimum absolute atomic E-state index is 0. The molecule has 0 aromatic carbocycles. The van der Waals surface area contributed by atoms with Crippen LogP contribution in [-0.2, 0) is 74.9 Å². The molecule has 0 saturated heterocycles. The number of phosphoric acid groups is 2. The van der Waals surface area contributed by atoms with E-state index in [0.29, 0.717) is 64.2 Å². The summed E-state index contributed by atoms with van der Waals surface area (Å²) in [5.74, 6) is -3.23. The van der Waals surface area contributed by atoms with E-state index < -0.39 is 109 Å². The van der Waals surface area contributed by atoms with Crippen LogP contribution in [0.4, 0.5) is 0 Å². The van der Waals surface area contributed by atoms with Crippen molar-refractivity contribution in [2.45, 2.75) is 418 Å². The van der Waals surface area contributed by atoms with Crippen molar-refractivity contribution >= 4 is 51.2 Å². The number of carbonyl (C=O) groups excluding carboxylic acids is 6. The maximum atomic E-state index is 13.3. The van der Waals surface area contributed by atoms with Gasteiger partial charge in [-0.15, -0.1) is 0 Å². The molecule has 8 atom stereocenters. The molecular weight excluding hydrogens is 1500 g/mol. The first kappa shape index (κ1) is 116. The number of ether oxygens (including phenoxy) is 4. The van der Waals surface area contributed by atoms with Gasteiger partial charge in [-0.2, -0.15) is 0 Å². The molecule has 4 unspecified atom stereocenters. The normalized spacial score (nSPS) is 14.2. The van der Waals surface area contributed by atoms with Gasteiger partial charge in [-0.1, -0.05) is 271 Å². The van der Waals surface area contributed by atoms with Crippen molar-refractivity contribution in [3.05, 3.63) is 24.3 Å². The Morgan fingerprint density at radius 2 is 0.628 bits per heavy atom. The van der Waals surface area contributed by atoms with Crippen LogP contribution in [0.2, 0.25) is 0 Å². The zero-order valence-corrected chi connectivity index (χ0v) is 78.2. The number of esters is 2. The SMILES string of the molecule is CCCCCC/C=C\CCCC(=O)O[C@H](CCCCCCC)CCOCC(COP(=O)([O-])OCCNC(=O)CC(=O)NCCOP(=O)([O-])OCC(COCC[C@@H](CCCCCCC)OC(=O)CCC/C=C\CCCCCC)NC(=O)C[C@H](O)CCCCCCCCCCC)NC(=O)C[C@H](O)CCCCCCCCCCC.[Na+].[Na+]. The number of hydrogen-bond donors (Lipinski definition) is 6. The van der Waals surface area contributed by atoms with Crippen LogP contribution in [0.15, 0.2) is 24.3 Å². The van der Waals surface area contributed by atoms with Crippen molar-refractivity contribution in [3.63, 3.8) is 0 Å². The van der Waals surface area contributed by atoms with Crippen LogP contribution in [0, 0.1) is 0 Å². The summed E-state index contributed by atoms with van der Waals surface area (Å²) >= 11 is 0. The average molecular weight is 1670 g/mol. The number of hydrogen-bond acceptors (Lipinski definition) is 20. The number of rotatable bonds is 84. The Bertz CT molecular complexity index is 2250. The van der Waals surface area contributed by atoms with Gasteiger partial charge in [0.2, 0.25) is 23.6 Å². The molecule has 0 fully saturated rings. The quantitative estimate of drug-likeness (QED) is 0.00822. The number of carbonyl (C=O) groups is 6. The van der Waals surface area contributed by atoms with Gasteiger partial charge in [0.05, 0.1) is 90.0 Å². The maximum absolute atomic E-state index is 13.3. The fourth-order valence-corrected chi connectivity index (χ4v) is 14.2. The molecule has 0 radical (unpaired) electrons. The monoisotopic (exact) mass is 1670 g/mol. The summed E-state index contributed by atoms with van der Waals surface area (Å²) in [6.07, 6.45) is 53.2. The molecule has 4 amide bonds. The summed E-state index contributed by atoms with van der Waals surface area (Å²) in [7, 11) is -10.1. The zero-order chi connectivity index (χ0) is 81.8. The third-order valence-corrected chi connectivity index (χ3v) is 21.3. The molecule has 0 heterocycles. The van der Waals surface area contributed by atoms with E-state index in [1.54, 1.807) is 0 Å². The van der Waals surface area contributed by atoms with E-state index >= 15 is 0 Å². The van der Waals surface area contributed by atoms with Gasteiger partial charge < -0.3 is 78.3 Å². The molecule has 113 heavy (non-hydrogen) atoms. The largest absolute Gasteiger partial charge is 1.00 e. The average Bonchev–Trinajstić information content (AvgIpc) is 0.908. The minimum Gasteiger partial charge on any atom is -0.756 e. The number of amides is 4. The van der Waals surface area contributed by atoms with Crippen molar-refractivity contribution < 1.29 is 154 Å². The number of allylic oxidation sites excluding steroid dienone is 4. The van der Waals surface area contributed by atoms with Crippen LogP contribution < -0.4 is 90.2 Å². The Morgan fingerprint density at radius 3 is 0.947 bits per heavy atom. The van der Waals surface area contributed by atoms with Gasteiger partial charge in [0.25, 0.3) is 15.6 Å². The second-order valence-electron chi connectivity index (χ2n) is 30.3. The Labute approximate surface area is 729 Å². The van der Waals surface area contributed by atoms with Crippen molar-refractivity contribution in [1.82, 2.24) is 21.3 Å². The maximum Gasteiger partial charge on any atom is 1.00 e. The van der Waals surface area contributed by atoms with E-state index in [0.717, 1.165) is 154 Å². The van der Waals surface area contributed by atoms with Gasteiger partial charge in [0.15, 0.2) is 0 Å². The summed E-state index contributed by atoms with van der Waals surface area (Å²) in [5, 5.41) is 31.8. The molecule has 0 spiro atoms. The summed E-state index contributed by atoms with van der Waals surface area (Å²) in [5.41, 5.74) is 0. The van der Waals surface area contributed by atoms with Crippen LogP contribution in [0.3, 0.4) is 0 Å². The summed E-state index contributed by atoms with van der Waals surface area (Å²) < 4.78 is 70.4. The smallest absolute Gasteiger partial charge is 0.756 e. The Morgan fingerprint density at radius 1 is 0.345 bits per heavy atom. The van der Waals surface area contributed by atoms with Gasteiger partial charge in [-0.25, -0.2) is 0 Å². The molecule has 652 valence electrons. The molecule has 0 aliphatic heterocycles. The molecule has 0 rings (SSSR count). The van der Waals surface area contributed by atoms with E-state index in [1.165, 1.54) is 103 Å². The molecule has 0 aromatic heterocycles. The van der Waals surface area contributed by atoms with Gasteiger partial charge in [-0.3, -0.25) is 37.9 Å². The molecule has 28 heteroatoms. The molecule has 0 bridgehead atoms. The van der Waals surface area contributed by atoms with E-state index in [4.69, 9.17) is 37.0 Å². The first-order chi connectivity index (χ1) is 53.7. The molecular formula is C85H160N4Na2O20P2. The van der Waals surface area contributed by atoms with Crippen molar-refractivity contribution in [2.75, 3.05) is 65.9 Å². The van der Waals surface area contributed by atoms with Crippen molar-refractivity contribution in [3.8, 4) is 0 Å². The fourth-order valence-electron chi connectivity index (χ4n) is 12.7. The van der Waals surface area contributed by atoms with Crippen LogP contribution >= 0.6 is 15.6 Å². The first-order valence-corrected chi connectivity index (χ1v) is 47.2. The Balaban J connectivity index is -0.0000605. The zero-order valence-electron chi connectivity index (χ0n) is 72.5. The summed E-state index contributed by atoms with van der Waals surface area (Å²) in [4.78, 5) is 104. The van der Waals surface area contributed by atoms with E-state index in [-0.39, 0.29) is 123 Å². The molecule has 0 saturated carbocycles.